The average molecular weight is 513 g/mol. The fourth-order valence-electron chi connectivity index (χ4n) is 5.22. The van der Waals surface area contributed by atoms with E-state index in [9.17, 15) is 19.2 Å². The quantitative estimate of drug-likeness (QED) is 0.257. The number of nitrogens with two attached hydrogens (primary N) is 1. The predicted molar refractivity (Wildman–Crippen MR) is 137 cm³/mol. The highest BCUT2D eigenvalue weighted by Crippen LogP contribution is 2.53. The van der Waals surface area contributed by atoms with Gasteiger partial charge in [0, 0.05) is 30.8 Å². The fourth-order valence-corrected chi connectivity index (χ4v) is 5.22. The molecule has 0 bridgehead atoms. The average Bonchev–Trinajstić information content (AvgIpc) is 3.21. The van der Waals surface area contributed by atoms with Crippen LogP contribution in [0, 0.1) is 10.8 Å². The zero-order valence-electron chi connectivity index (χ0n) is 21.7. The molecule has 1 aliphatic heterocycles. The van der Waals surface area contributed by atoms with Crippen molar-refractivity contribution in [3.63, 3.8) is 0 Å². The molecule has 0 aromatic heterocycles. The molecule has 0 atom stereocenters. The summed E-state index contributed by atoms with van der Waals surface area (Å²) in [5, 5.41) is 31.2. The van der Waals surface area contributed by atoms with Gasteiger partial charge in [0.1, 0.15) is 0 Å². The molecule has 10 nitrogen and oxygen atoms in total. The molecule has 2 aliphatic rings. The van der Waals surface area contributed by atoms with Gasteiger partial charge in [-0.2, -0.15) is 0 Å². The Balaban J connectivity index is 0.000000634. The first kappa shape index (κ1) is 33.3. The molecule has 6 N–H and O–H groups in total. The van der Waals surface area contributed by atoms with Gasteiger partial charge < -0.3 is 31.1 Å². The van der Waals surface area contributed by atoms with Crippen LogP contribution in [0.15, 0.2) is 24.3 Å². The van der Waals surface area contributed by atoms with Crippen LogP contribution in [-0.2, 0) is 19.2 Å². The number of rotatable bonds is 11. The van der Waals surface area contributed by atoms with Gasteiger partial charge in [-0.3, -0.25) is 0 Å². The van der Waals surface area contributed by atoms with Crippen molar-refractivity contribution in [2.24, 2.45) is 16.6 Å². The highest BCUT2D eigenvalue weighted by molar-refractivity contribution is 5.90. The highest BCUT2D eigenvalue weighted by atomic mass is 16.4. The SMILES string of the molecule is CCCC1(CCC)CCC2(CCN(CCCN)C2)CC1.O=C(O)/C=C\C(=O)O.O=C(O)/C=C\C(=O)O. The van der Waals surface area contributed by atoms with Crippen molar-refractivity contribution in [1.82, 2.24) is 4.90 Å². The van der Waals surface area contributed by atoms with Gasteiger partial charge in [0.15, 0.2) is 0 Å². The van der Waals surface area contributed by atoms with E-state index in [4.69, 9.17) is 26.2 Å². The smallest absolute Gasteiger partial charge is 0.328 e. The molecular weight excluding hydrogens is 468 g/mol. The van der Waals surface area contributed by atoms with E-state index in [0.29, 0.717) is 35.1 Å². The first-order valence-electron chi connectivity index (χ1n) is 12.6. The van der Waals surface area contributed by atoms with Gasteiger partial charge in [-0.1, -0.05) is 26.7 Å². The Kier molecular flexibility index (Phi) is 16.3. The van der Waals surface area contributed by atoms with Gasteiger partial charge in [-0.25, -0.2) is 19.2 Å². The maximum absolute atomic E-state index is 9.55. The van der Waals surface area contributed by atoms with Crippen molar-refractivity contribution in [3.05, 3.63) is 24.3 Å². The molecule has 1 heterocycles. The van der Waals surface area contributed by atoms with E-state index in [1.807, 2.05) is 0 Å². The number of carbonyl (C=O) groups is 4. The zero-order valence-corrected chi connectivity index (χ0v) is 21.7. The maximum Gasteiger partial charge on any atom is 0.328 e. The molecule has 2 fully saturated rings. The predicted octanol–water partition coefficient (Wildman–Crippen LogP) is 3.61. The van der Waals surface area contributed by atoms with Crippen LogP contribution in [0.4, 0.5) is 0 Å². The van der Waals surface area contributed by atoms with Gasteiger partial charge in [0.25, 0.3) is 0 Å². The van der Waals surface area contributed by atoms with Crippen molar-refractivity contribution < 1.29 is 39.6 Å². The summed E-state index contributed by atoms with van der Waals surface area (Å²) in [6, 6.07) is 0. The van der Waals surface area contributed by atoms with Gasteiger partial charge in [-0.15, -0.1) is 0 Å². The van der Waals surface area contributed by atoms with Crippen LogP contribution in [-0.4, -0.2) is 75.4 Å². The third-order valence-electron chi connectivity index (χ3n) is 6.86. The molecule has 1 spiro atoms. The third kappa shape index (κ3) is 14.6. The number of carboxylic acids is 4. The molecule has 0 unspecified atom stereocenters. The van der Waals surface area contributed by atoms with E-state index in [2.05, 4.69) is 18.7 Å². The summed E-state index contributed by atoms with van der Waals surface area (Å²) in [5.41, 5.74) is 7.04. The van der Waals surface area contributed by atoms with E-state index in [0.717, 1.165) is 6.54 Å². The van der Waals surface area contributed by atoms with Crippen LogP contribution in [0.3, 0.4) is 0 Å². The Hall–Kier alpha value is -2.72. The van der Waals surface area contributed by atoms with Gasteiger partial charge in [-0.05, 0) is 81.8 Å². The molecule has 10 heteroatoms. The summed E-state index contributed by atoms with van der Waals surface area (Å²) in [4.78, 5) is 40.9. The summed E-state index contributed by atoms with van der Waals surface area (Å²) in [6.07, 6.45) is 16.5. The lowest BCUT2D eigenvalue weighted by atomic mass is 9.60. The minimum Gasteiger partial charge on any atom is -0.478 e. The number of aliphatic carboxylic acids is 4. The van der Waals surface area contributed by atoms with Gasteiger partial charge in [0.2, 0.25) is 0 Å². The Bertz CT molecular complexity index is 681. The second kappa shape index (κ2) is 17.7. The Morgan fingerprint density at radius 1 is 0.750 bits per heavy atom. The lowest BCUT2D eigenvalue weighted by Gasteiger charge is -2.45. The number of likely N-dealkylation sites (tertiary alicyclic amines) is 1. The van der Waals surface area contributed by atoms with Crippen molar-refractivity contribution in [3.8, 4) is 0 Å². The van der Waals surface area contributed by atoms with Crippen LogP contribution >= 0.6 is 0 Å². The zero-order chi connectivity index (χ0) is 27.6. The molecule has 1 saturated heterocycles. The lowest BCUT2D eigenvalue weighted by molar-refractivity contribution is -0.134. The molecule has 0 aromatic carbocycles. The van der Waals surface area contributed by atoms with E-state index in [-0.39, 0.29) is 0 Å². The monoisotopic (exact) mass is 512 g/mol. The molecule has 0 aromatic rings. The minimum absolute atomic E-state index is 0.558. The van der Waals surface area contributed by atoms with E-state index in [1.54, 1.807) is 0 Å². The van der Waals surface area contributed by atoms with Gasteiger partial charge >= 0.3 is 23.9 Å². The maximum atomic E-state index is 9.55. The van der Waals surface area contributed by atoms with Crippen molar-refractivity contribution in [2.75, 3.05) is 26.2 Å². The second-order valence-corrected chi connectivity index (χ2v) is 9.69. The molecule has 206 valence electrons. The first-order valence-corrected chi connectivity index (χ1v) is 12.6. The van der Waals surface area contributed by atoms with E-state index >= 15 is 0 Å². The van der Waals surface area contributed by atoms with Crippen molar-refractivity contribution in [1.29, 1.82) is 0 Å². The molecule has 1 aliphatic carbocycles. The van der Waals surface area contributed by atoms with Crippen LogP contribution < -0.4 is 5.73 Å². The topological polar surface area (TPSA) is 178 Å². The molecular formula is C26H44N2O8. The number of nitrogens with zero attached hydrogens (tertiary/aromatic N) is 1. The normalized spacial score (nSPS) is 18.3. The van der Waals surface area contributed by atoms with E-state index in [1.165, 1.54) is 83.8 Å². The molecule has 2 rings (SSSR count). The Labute approximate surface area is 213 Å². The van der Waals surface area contributed by atoms with Crippen LogP contribution in [0.1, 0.15) is 78.1 Å². The third-order valence-corrected chi connectivity index (χ3v) is 6.86. The fraction of sp³-hybridized carbons (Fsp3) is 0.692. The summed E-state index contributed by atoms with van der Waals surface area (Å²) >= 11 is 0. The lowest BCUT2D eigenvalue weighted by Crippen LogP contribution is -2.36. The molecule has 1 saturated carbocycles. The van der Waals surface area contributed by atoms with Gasteiger partial charge in [0.05, 0.1) is 0 Å². The van der Waals surface area contributed by atoms with Crippen LogP contribution in [0.5, 0.6) is 0 Å². The van der Waals surface area contributed by atoms with Crippen LogP contribution in [0.25, 0.3) is 0 Å². The molecule has 0 radical (unpaired) electrons. The number of hydrogen-bond donors (Lipinski definition) is 5. The molecule has 36 heavy (non-hydrogen) atoms. The largest absolute Gasteiger partial charge is 0.478 e. The summed E-state index contributed by atoms with van der Waals surface area (Å²) < 4.78 is 0. The molecule has 0 amide bonds. The first-order chi connectivity index (χ1) is 16.9. The summed E-state index contributed by atoms with van der Waals surface area (Å²) in [5.74, 6) is -5.03. The number of hydrogen-bond acceptors (Lipinski definition) is 6. The Morgan fingerprint density at radius 3 is 1.50 bits per heavy atom. The van der Waals surface area contributed by atoms with Crippen molar-refractivity contribution in [2.45, 2.75) is 78.1 Å². The Morgan fingerprint density at radius 2 is 1.17 bits per heavy atom. The van der Waals surface area contributed by atoms with Crippen LogP contribution in [0.2, 0.25) is 0 Å². The minimum atomic E-state index is -1.26. The summed E-state index contributed by atoms with van der Waals surface area (Å²) in [7, 11) is 0. The summed E-state index contributed by atoms with van der Waals surface area (Å²) in [6.45, 7) is 9.50. The number of carboxylic acid groups (broad SMARTS) is 4. The standard InChI is InChI=1S/C18H36N2.2C4H4O4/c1-3-6-17(7-4-2)8-10-18(11-9-17)12-15-20(16-18)14-5-13-19;2*5-3(6)1-2-4(7)8/h3-16,19H2,1-2H3;2*1-2H,(H,5,6)(H,7,8)/b;2*2-1-. The highest BCUT2D eigenvalue weighted by Gasteiger charge is 2.44. The van der Waals surface area contributed by atoms with E-state index < -0.39 is 23.9 Å². The van der Waals surface area contributed by atoms with Crippen molar-refractivity contribution >= 4 is 23.9 Å². The second-order valence-electron chi connectivity index (χ2n) is 9.69.